The Morgan fingerprint density at radius 3 is 2.59 bits per heavy atom. The average Bonchev–Trinajstić information content (AvgIpc) is 3.43. The Labute approximate surface area is 205 Å². The minimum absolute atomic E-state index is 0.0823. The highest BCUT2D eigenvalue weighted by Crippen LogP contribution is 2.40. The number of hydrogen-bond donors (Lipinski definition) is 1. The molecule has 1 saturated heterocycles. The van der Waals surface area contributed by atoms with E-state index in [0.29, 0.717) is 47.7 Å². The Morgan fingerprint density at radius 1 is 1.09 bits per heavy atom. The summed E-state index contributed by atoms with van der Waals surface area (Å²) in [6.07, 6.45) is 0. The van der Waals surface area contributed by atoms with Gasteiger partial charge in [-0.2, -0.15) is 0 Å². The Bertz CT molecular complexity index is 1290. The summed E-state index contributed by atoms with van der Waals surface area (Å²) in [7, 11) is 0. The van der Waals surface area contributed by atoms with E-state index in [9.17, 15) is 9.59 Å². The van der Waals surface area contributed by atoms with E-state index in [1.54, 1.807) is 4.90 Å². The van der Waals surface area contributed by atoms with Crippen LogP contribution in [0.2, 0.25) is 0 Å². The van der Waals surface area contributed by atoms with Crippen LogP contribution in [-0.2, 0) is 9.53 Å². The number of amides is 2. The maximum absolute atomic E-state index is 13.4. The highest BCUT2D eigenvalue weighted by atomic mass is 32.2. The van der Waals surface area contributed by atoms with Crippen molar-refractivity contribution in [2.45, 2.75) is 12.1 Å². The van der Waals surface area contributed by atoms with Crippen LogP contribution in [0, 0.1) is 6.92 Å². The van der Waals surface area contributed by atoms with E-state index in [1.807, 2.05) is 61.5 Å². The van der Waals surface area contributed by atoms with Crippen LogP contribution in [0.15, 0.2) is 64.2 Å². The molecule has 0 aliphatic carbocycles. The molecule has 2 aromatic heterocycles. The second kappa shape index (κ2) is 10.0. The number of carbonyl (C=O) groups excluding carboxylic acids is 2. The maximum atomic E-state index is 13.4. The smallest absolute Gasteiger partial charge is 0.257 e. The summed E-state index contributed by atoms with van der Waals surface area (Å²) in [6.45, 7) is 4.05. The number of anilines is 1. The van der Waals surface area contributed by atoms with Crippen molar-refractivity contribution in [1.82, 2.24) is 9.88 Å². The number of nitrogens with zero attached hydrogens (tertiary/aromatic N) is 2. The number of ether oxygens (including phenoxy) is 1. The molecule has 5 rings (SSSR count). The number of para-hydroxylation sites is 2. The summed E-state index contributed by atoms with van der Waals surface area (Å²) in [5, 5.41) is 3.98. The normalized spacial score (nSPS) is 13.9. The lowest BCUT2D eigenvalue weighted by Crippen LogP contribution is -2.41. The molecule has 2 amide bonds. The second-order valence-electron chi connectivity index (χ2n) is 7.82. The maximum Gasteiger partial charge on any atom is 0.257 e. The molecule has 7 nitrogen and oxygen atoms in total. The zero-order chi connectivity index (χ0) is 23.5. The highest BCUT2D eigenvalue weighted by molar-refractivity contribution is 7.99. The van der Waals surface area contributed by atoms with Crippen LogP contribution in [0.5, 0.6) is 0 Å². The number of benzene rings is 2. The number of oxazole rings is 1. The van der Waals surface area contributed by atoms with Gasteiger partial charge in [-0.1, -0.05) is 54.2 Å². The number of fused-ring (bicyclic) bond motifs is 1. The van der Waals surface area contributed by atoms with Crippen LogP contribution in [0.25, 0.3) is 21.5 Å². The number of nitrogens with one attached hydrogen (secondary N) is 1. The minimum atomic E-state index is -0.218. The first-order valence-corrected chi connectivity index (χ1v) is 12.7. The molecule has 3 heterocycles. The topological polar surface area (TPSA) is 84.7 Å². The Balaban J connectivity index is 1.38. The molecule has 174 valence electrons. The van der Waals surface area contributed by atoms with E-state index in [4.69, 9.17) is 9.15 Å². The lowest BCUT2D eigenvalue weighted by molar-refractivity contribution is -0.113. The standard InChI is InChI=1S/C25H23N3O4S2/c1-16-21(24(30)28-11-13-31-14-12-28)23(34-22(16)17-7-3-2-4-8-17)27-20(29)15-33-25-26-18-9-5-6-10-19(18)32-25/h2-10H,11-15H2,1H3,(H,27,29). The van der Waals surface area contributed by atoms with Crippen molar-refractivity contribution in [2.24, 2.45) is 0 Å². The van der Waals surface area contributed by atoms with Gasteiger partial charge in [-0.25, -0.2) is 4.98 Å². The molecule has 1 N–H and O–H groups in total. The predicted molar refractivity (Wildman–Crippen MR) is 135 cm³/mol. The van der Waals surface area contributed by atoms with Crippen LogP contribution >= 0.6 is 23.1 Å². The molecule has 0 atom stereocenters. The van der Waals surface area contributed by atoms with E-state index in [1.165, 1.54) is 23.1 Å². The minimum Gasteiger partial charge on any atom is -0.431 e. The van der Waals surface area contributed by atoms with Crippen molar-refractivity contribution in [3.63, 3.8) is 0 Å². The summed E-state index contributed by atoms with van der Waals surface area (Å²) in [5.74, 6) is -0.180. The van der Waals surface area contributed by atoms with Crippen molar-refractivity contribution in [3.8, 4) is 10.4 Å². The molecule has 0 bridgehead atoms. The SMILES string of the molecule is Cc1c(-c2ccccc2)sc(NC(=O)CSc2nc3ccccc3o2)c1C(=O)N1CCOCC1. The first-order valence-electron chi connectivity index (χ1n) is 10.9. The largest absolute Gasteiger partial charge is 0.431 e. The van der Waals surface area contributed by atoms with Gasteiger partial charge in [0.2, 0.25) is 5.91 Å². The monoisotopic (exact) mass is 493 g/mol. The van der Waals surface area contributed by atoms with Crippen molar-refractivity contribution in [1.29, 1.82) is 0 Å². The van der Waals surface area contributed by atoms with E-state index in [2.05, 4.69) is 10.3 Å². The van der Waals surface area contributed by atoms with E-state index < -0.39 is 0 Å². The molecule has 4 aromatic rings. The molecule has 34 heavy (non-hydrogen) atoms. The van der Waals surface area contributed by atoms with Crippen LogP contribution in [-0.4, -0.2) is 53.8 Å². The fourth-order valence-corrected chi connectivity index (χ4v) is 5.71. The molecule has 1 fully saturated rings. The first-order chi connectivity index (χ1) is 16.6. The Kier molecular flexibility index (Phi) is 6.66. The summed E-state index contributed by atoms with van der Waals surface area (Å²) >= 11 is 2.65. The van der Waals surface area contributed by atoms with Gasteiger partial charge in [0.15, 0.2) is 5.58 Å². The second-order valence-corrected chi connectivity index (χ2v) is 9.76. The van der Waals surface area contributed by atoms with E-state index >= 15 is 0 Å². The third kappa shape index (κ3) is 4.72. The molecule has 1 aliphatic rings. The average molecular weight is 494 g/mol. The molecule has 0 radical (unpaired) electrons. The van der Waals surface area contributed by atoms with Crippen molar-refractivity contribution >= 4 is 51.0 Å². The lowest BCUT2D eigenvalue weighted by Gasteiger charge is -2.27. The number of thioether (sulfide) groups is 1. The van der Waals surface area contributed by atoms with Crippen LogP contribution in [0.4, 0.5) is 5.00 Å². The van der Waals surface area contributed by atoms with Crippen molar-refractivity contribution in [3.05, 3.63) is 65.7 Å². The van der Waals surface area contributed by atoms with E-state index in [-0.39, 0.29) is 17.6 Å². The zero-order valence-corrected chi connectivity index (χ0v) is 20.2. The summed E-state index contributed by atoms with van der Waals surface area (Å²) in [5.41, 5.74) is 3.87. The van der Waals surface area contributed by atoms with Gasteiger partial charge in [-0.15, -0.1) is 11.3 Å². The molecular weight excluding hydrogens is 470 g/mol. The molecule has 2 aromatic carbocycles. The molecule has 1 aliphatic heterocycles. The Hall–Kier alpha value is -3.14. The van der Waals surface area contributed by atoms with Gasteiger partial charge in [0.1, 0.15) is 10.5 Å². The van der Waals surface area contributed by atoms with Gasteiger partial charge < -0.3 is 19.4 Å². The van der Waals surface area contributed by atoms with Gasteiger partial charge in [0.05, 0.1) is 24.5 Å². The van der Waals surface area contributed by atoms with Crippen molar-refractivity contribution in [2.75, 3.05) is 37.4 Å². The fraction of sp³-hybridized carbons (Fsp3) is 0.240. The third-order valence-corrected chi connectivity index (χ3v) is 7.63. The van der Waals surface area contributed by atoms with Gasteiger partial charge in [-0.05, 0) is 30.2 Å². The summed E-state index contributed by atoms with van der Waals surface area (Å²) in [4.78, 5) is 33.5. The van der Waals surface area contributed by atoms with Crippen LogP contribution in [0.1, 0.15) is 15.9 Å². The molecule has 0 saturated carbocycles. The summed E-state index contributed by atoms with van der Waals surface area (Å²) in [6, 6.07) is 17.4. The molecular formula is C25H23N3O4S2. The lowest BCUT2D eigenvalue weighted by atomic mass is 10.1. The number of thiophene rings is 1. The molecule has 0 unspecified atom stereocenters. The number of aromatic nitrogens is 1. The summed E-state index contributed by atoms with van der Waals surface area (Å²) < 4.78 is 11.1. The third-order valence-electron chi connectivity index (χ3n) is 5.55. The van der Waals surface area contributed by atoms with Gasteiger partial charge >= 0.3 is 0 Å². The number of morpholine rings is 1. The molecule has 9 heteroatoms. The predicted octanol–water partition coefficient (Wildman–Crippen LogP) is 5.07. The van der Waals surface area contributed by atoms with Gasteiger partial charge in [0.25, 0.3) is 11.1 Å². The van der Waals surface area contributed by atoms with Crippen LogP contribution < -0.4 is 5.32 Å². The van der Waals surface area contributed by atoms with Crippen molar-refractivity contribution < 1.29 is 18.7 Å². The fourth-order valence-electron chi connectivity index (χ4n) is 3.85. The molecule has 0 spiro atoms. The Morgan fingerprint density at radius 2 is 1.82 bits per heavy atom. The highest BCUT2D eigenvalue weighted by Gasteiger charge is 2.28. The first kappa shape index (κ1) is 22.6. The number of rotatable bonds is 6. The van der Waals surface area contributed by atoms with Crippen LogP contribution in [0.3, 0.4) is 0 Å². The quantitative estimate of drug-likeness (QED) is 0.378. The van der Waals surface area contributed by atoms with Gasteiger partial charge in [-0.3, -0.25) is 9.59 Å². The van der Waals surface area contributed by atoms with E-state index in [0.717, 1.165) is 21.5 Å². The van der Waals surface area contributed by atoms with Gasteiger partial charge in [0, 0.05) is 18.0 Å². The number of hydrogen-bond acceptors (Lipinski definition) is 7. The zero-order valence-electron chi connectivity index (χ0n) is 18.6. The number of carbonyl (C=O) groups is 2.